The topological polar surface area (TPSA) is 107 Å². The summed E-state index contributed by atoms with van der Waals surface area (Å²) in [5.41, 5.74) is -0.179. The Bertz CT molecular complexity index is 1170. The summed E-state index contributed by atoms with van der Waals surface area (Å²) in [5, 5.41) is 3.25. The van der Waals surface area contributed by atoms with Crippen LogP contribution in [-0.4, -0.2) is 61.7 Å². The van der Waals surface area contributed by atoms with Gasteiger partial charge in [0, 0.05) is 43.8 Å². The molecule has 0 unspecified atom stereocenters. The van der Waals surface area contributed by atoms with Crippen LogP contribution in [0.4, 0.5) is 10.1 Å². The summed E-state index contributed by atoms with van der Waals surface area (Å²) < 4.78 is 26.7. The molecule has 1 saturated heterocycles. The van der Waals surface area contributed by atoms with E-state index in [9.17, 15) is 19.2 Å². The van der Waals surface area contributed by atoms with Crippen LogP contribution < -0.4 is 15.6 Å². The van der Waals surface area contributed by atoms with E-state index in [-0.39, 0.29) is 30.2 Å². The van der Waals surface area contributed by atoms with Crippen LogP contribution in [0, 0.1) is 11.7 Å². The molecule has 1 aromatic carbocycles. The van der Waals surface area contributed by atoms with Crippen LogP contribution in [0.15, 0.2) is 23.1 Å². The minimum atomic E-state index is -1.91. The predicted octanol–water partition coefficient (Wildman–Crippen LogP) is 1.81. The Labute approximate surface area is 195 Å². The number of nitrogens with zero attached hydrogens (tertiary/aromatic N) is 2. The van der Waals surface area contributed by atoms with Gasteiger partial charge < -0.3 is 24.3 Å². The van der Waals surface area contributed by atoms with Crippen molar-refractivity contribution in [1.29, 1.82) is 0 Å². The molecule has 34 heavy (non-hydrogen) atoms. The monoisotopic (exact) mass is 473 g/mol. The van der Waals surface area contributed by atoms with Gasteiger partial charge in [0.05, 0.1) is 30.0 Å². The highest BCUT2D eigenvalue weighted by Crippen LogP contribution is 2.38. The quantitative estimate of drug-likeness (QED) is 0.352. The lowest BCUT2D eigenvalue weighted by Crippen LogP contribution is -2.44. The molecule has 1 aliphatic heterocycles. The van der Waals surface area contributed by atoms with Crippen molar-refractivity contribution in [2.45, 2.75) is 32.7 Å². The molecule has 1 saturated carbocycles. The van der Waals surface area contributed by atoms with E-state index in [1.807, 2.05) is 4.90 Å². The number of hydrogen-bond donors (Lipinski definition) is 1. The molecule has 10 heteroatoms. The zero-order valence-corrected chi connectivity index (χ0v) is 19.3. The van der Waals surface area contributed by atoms with E-state index < -0.39 is 34.9 Å². The summed E-state index contributed by atoms with van der Waals surface area (Å²) in [6.07, 6.45) is 3.06. The number of ketones is 1. The smallest absolute Gasteiger partial charge is 0.328 e. The van der Waals surface area contributed by atoms with Crippen molar-refractivity contribution < 1.29 is 28.2 Å². The fraction of sp³-hybridized carbons (Fsp3) is 0.500. The van der Waals surface area contributed by atoms with Crippen molar-refractivity contribution >= 4 is 34.3 Å². The average Bonchev–Trinajstić information content (AvgIpc) is 3.66. The maximum atomic E-state index is 15.1. The summed E-state index contributed by atoms with van der Waals surface area (Å²) in [6, 6.07) is 2.84. The first-order valence-corrected chi connectivity index (χ1v) is 11.6. The zero-order chi connectivity index (χ0) is 24.4. The number of piperazine rings is 1. The Morgan fingerprint density at radius 3 is 2.26 bits per heavy atom. The number of esters is 2. The zero-order valence-electron chi connectivity index (χ0n) is 19.3. The van der Waals surface area contributed by atoms with Crippen LogP contribution in [0.25, 0.3) is 10.9 Å². The number of carbonyl (C=O) groups excluding carboxylic acids is 3. The fourth-order valence-corrected chi connectivity index (χ4v) is 4.25. The largest absolute Gasteiger partial charge is 0.465 e. The van der Waals surface area contributed by atoms with E-state index in [1.54, 1.807) is 24.5 Å². The van der Waals surface area contributed by atoms with Gasteiger partial charge in [0.15, 0.2) is 11.2 Å². The molecule has 0 radical (unpaired) electrons. The highest BCUT2D eigenvalue weighted by molar-refractivity contribution is 6.21. The van der Waals surface area contributed by atoms with Gasteiger partial charge in [-0.3, -0.25) is 19.2 Å². The Balaban J connectivity index is 1.84. The SMILES string of the molecule is CCOC(=O)C(C(=O)OCC)C(=O)c1cn(C2CC2)c2cc(N3CCNCC3)c(F)cc2c1=O. The van der Waals surface area contributed by atoms with Crippen LogP contribution in [0.1, 0.15) is 43.1 Å². The number of anilines is 1. The molecule has 0 bridgehead atoms. The summed E-state index contributed by atoms with van der Waals surface area (Å²) >= 11 is 0. The highest BCUT2D eigenvalue weighted by atomic mass is 19.1. The lowest BCUT2D eigenvalue weighted by atomic mass is 9.96. The molecule has 0 amide bonds. The lowest BCUT2D eigenvalue weighted by molar-refractivity contribution is -0.158. The number of fused-ring (bicyclic) bond motifs is 1. The molecule has 2 heterocycles. The van der Waals surface area contributed by atoms with Crippen molar-refractivity contribution in [2.24, 2.45) is 5.92 Å². The van der Waals surface area contributed by atoms with Crippen LogP contribution in [0.3, 0.4) is 0 Å². The van der Waals surface area contributed by atoms with Gasteiger partial charge in [-0.25, -0.2) is 4.39 Å². The van der Waals surface area contributed by atoms with E-state index in [4.69, 9.17) is 9.47 Å². The standard InChI is InChI=1S/C24H28FN3O6/c1-3-33-23(31)20(24(32)34-4-2)22(30)16-13-28(14-5-6-14)18-12-19(27-9-7-26-8-10-27)17(25)11-15(18)21(16)29/h11-14,20,26H,3-10H2,1-2H3. The number of benzene rings is 1. The fourth-order valence-electron chi connectivity index (χ4n) is 4.25. The van der Waals surface area contributed by atoms with E-state index in [0.717, 1.165) is 32.0 Å². The average molecular weight is 474 g/mol. The normalized spacial score (nSPS) is 16.1. The Morgan fingerprint density at radius 1 is 1.09 bits per heavy atom. The number of ether oxygens (including phenoxy) is 2. The van der Waals surface area contributed by atoms with E-state index >= 15 is 4.39 Å². The van der Waals surface area contributed by atoms with Gasteiger partial charge in [0.25, 0.3) is 0 Å². The number of rotatable bonds is 8. The number of Topliss-reactive ketones (excluding diaryl/α,β-unsaturated/α-hetero) is 1. The van der Waals surface area contributed by atoms with E-state index in [1.165, 1.54) is 6.20 Å². The van der Waals surface area contributed by atoms with Gasteiger partial charge in [-0.1, -0.05) is 0 Å². The highest BCUT2D eigenvalue weighted by Gasteiger charge is 2.39. The first-order valence-electron chi connectivity index (χ1n) is 11.6. The van der Waals surface area contributed by atoms with Gasteiger partial charge in [-0.05, 0) is 38.8 Å². The maximum Gasteiger partial charge on any atom is 0.328 e. The van der Waals surface area contributed by atoms with Crippen LogP contribution >= 0.6 is 0 Å². The van der Waals surface area contributed by atoms with Crippen molar-refractivity contribution in [3.8, 4) is 0 Å². The lowest BCUT2D eigenvalue weighted by Gasteiger charge is -2.30. The summed E-state index contributed by atoms with van der Waals surface area (Å²) in [5.74, 6) is -5.65. The third-order valence-corrected chi connectivity index (χ3v) is 6.07. The van der Waals surface area contributed by atoms with E-state index in [2.05, 4.69) is 5.32 Å². The van der Waals surface area contributed by atoms with Crippen molar-refractivity contribution in [3.05, 3.63) is 39.9 Å². The van der Waals surface area contributed by atoms with Gasteiger partial charge in [0.2, 0.25) is 5.92 Å². The molecule has 1 aromatic heterocycles. The second kappa shape index (κ2) is 9.92. The van der Waals surface area contributed by atoms with Crippen molar-refractivity contribution in [1.82, 2.24) is 9.88 Å². The van der Waals surface area contributed by atoms with Gasteiger partial charge in [-0.15, -0.1) is 0 Å². The molecule has 2 fully saturated rings. The number of nitrogens with one attached hydrogen (secondary N) is 1. The molecular formula is C24H28FN3O6. The number of hydrogen-bond acceptors (Lipinski definition) is 8. The minimum Gasteiger partial charge on any atom is -0.465 e. The third-order valence-electron chi connectivity index (χ3n) is 6.07. The number of aromatic nitrogens is 1. The molecule has 0 atom stereocenters. The Kier molecular flexibility index (Phi) is 6.97. The first-order chi connectivity index (χ1) is 16.4. The van der Waals surface area contributed by atoms with Crippen molar-refractivity contribution in [3.63, 3.8) is 0 Å². The van der Waals surface area contributed by atoms with E-state index in [0.29, 0.717) is 24.3 Å². The van der Waals surface area contributed by atoms with Crippen molar-refractivity contribution in [2.75, 3.05) is 44.3 Å². The van der Waals surface area contributed by atoms with Crippen LogP contribution in [0.2, 0.25) is 0 Å². The number of carbonyl (C=O) groups is 3. The molecule has 9 nitrogen and oxygen atoms in total. The molecule has 4 rings (SSSR count). The Hall–Kier alpha value is -3.27. The third kappa shape index (κ3) is 4.54. The Morgan fingerprint density at radius 2 is 1.71 bits per heavy atom. The second-order valence-corrected chi connectivity index (χ2v) is 8.37. The van der Waals surface area contributed by atoms with Crippen LogP contribution in [0.5, 0.6) is 0 Å². The summed E-state index contributed by atoms with van der Waals surface area (Å²) in [7, 11) is 0. The molecular weight excluding hydrogens is 445 g/mol. The summed E-state index contributed by atoms with van der Waals surface area (Å²) in [4.78, 5) is 53.4. The van der Waals surface area contributed by atoms with Gasteiger partial charge >= 0.3 is 11.9 Å². The number of halogens is 1. The first kappa shape index (κ1) is 23.9. The molecule has 2 aromatic rings. The molecule has 182 valence electrons. The summed E-state index contributed by atoms with van der Waals surface area (Å²) in [6.45, 7) is 5.70. The minimum absolute atomic E-state index is 0.0283. The second-order valence-electron chi connectivity index (χ2n) is 8.37. The molecule has 0 spiro atoms. The predicted molar refractivity (Wildman–Crippen MR) is 123 cm³/mol. The molecule has 1 aliphatic carbocycles. The van der Waals surface area contributed by atoms with Gasteiger partial charge in [0.1, 0.15) is 5.82 Å². The van der Waals surface area contributed by atoms with Gasteiger partial charge in [-0.2, -0.15) is 0 Å². The molecule has 2 aliphatic rings. The molecule has 1 N–H and O–H groups in total. The maximum absolute atomic E-state index is 15.1. The number of pyridine rings is 1. The van der Waals surface area contributed by atoms with Crippen LogP contribution in [-0.2, 0) is 19.1 Å².